The maximum atomic E-state index is 12.0. The highest BCUT2D eigenvalue weighted by Crippen LogP contribution is 2.28. The summed E-state index contributed by atoms with van der Waals surface area (Å²) in [6, 6.07) is 3.17. The lowest BCUT2D eigenvalue weighted by Crippen LogP contribution is -2.32. The highest BCUT2D eigenvalue weighted by molar-refractivity contribution is 6.33. The van der Waals surface area contributed by atoms with Crippen molar-refractivity contribution in [3.8, 4) is 5.75 Å². The minimum Gasteiger partial charge on any atom is -0.496 e. The molecule has 1 rings (SSSR count). The predicted octanol–water partition coefficient (Wildman–Crippen LogP) is 2.88. The van der Waals surface area contributed by atoms with Gasteiger partial charge in [0.15, 0.2) is 0 Å². The molecule has 6 heteroatoms. The maximum Gasteiger partial charge on any atom is 0.255 e. The summed E-state index contributed by atoms with van der Waals surface area (Å²) in [5, 5.41) is 3.20. The second kappa shape index (κ2) is 7.34. The lowest BCUT2D eigenvalue weighted by molar-refractivity contribution is 0.0936. The Morgan fingerprint density at radius 2 is 2.17 bits per heavy atom. The van der Waals surface area contributed by atoms with Crippen LogP contribution in [0.25, 0.3) is 0 Å². The fraction of sp³-hybridized carbons (Fsp3) is 0.417. The van der Waals surface area contributed by atoms with Gasteiger partial charge >= 0.3 is 0 Å². The molecule has 0 radical (unpaired) electrons. The number of carbonyl (C=O) groups excluding carboxylic acids is 1. The summed E-state index contributed by atoms with van der Waals surface area (Å²) in [5.74, 6) is 0.214. The first-order valence-corrected chi connectivity index (χ1v) is 5.81. The fourth-order valence-corrected chi connectivity index (χ4v) is 1.48. The van der Waals surface area contributed by atoms with Crippen molar-refractivity contribution in [2.24, 2.45) is 0 Å². The van der Waals surface area contributed by atoms with Crippen LogP contribution in [0.1, 0.15) is 30.6 Å². The zero-order chi connectivity index (χ0) is 13.0. The molecule has 0 saturated heterocycles. The molecule has 0 aliphatic rings. The monoisotopic (exact) mass is 292 g/mol. The van der Waals surface area contributed by atoms with Crippen LogP contribution in [0.2, 0.25) is 5.02 Å². The molecule has 0 fully saturated rings. The molecular weight excluding hydrogens is 275 g/mol. The average Bonchev–Trinajstić information content (AvgIpc) is 2.31. The van der Waals surface area contributed by atoms with Crippen molar-refractivity contribution in [3.05, 3.63) is 22.7 Å². The zero-order valence-electron chi connectivity index (χ0n) is 10.6. The Kier molecular flexibility index (Phi) is 6.88. The van der Waals surface area contributed by atoms with Crippen LogP contribution in [-0.2, 0) is 0 Å². The number of amides is 1. The van der Waals surface area contributed by atoms with Gasteiger partial charge in [0.2, 0.25) is 0 Å². The number of nitrogens with two attached hydrogens (primary N) is 1. The van der Waals surface area contributed by atoms with Crippen molar-refractivity contribution in [3.63, 3.8) is 0 Å². The Morgan fingerprint density at radius 1 is 1.56 bits per heavy atom. The van der Waals surface area contributed by atoms with E-state index in [0.717, 1.165) is 6.42 Å². The second-order valence-corrected chi connectivity index (χ2v) is 4.26. The van der Waals surface area contributed by atoms with Crippen LogP contribution in [-0.4, -0.2) is 19.1 Å². The summed E-state index contributed by atoms with van der Waals surface area (Å²) in [4.78, 5) is 12.0. The van der Waals surface area contributed by atoms with Gasteiger partial charge in [0.05, 0.1) is 23.4 Å². The van der Waals surface area contributed by atoms with Crippen molar-refractivity contribution >= 4 is 35.6 Å². The molecule has 3 N–H and O–H groups in total. The van der Waals surface area contributed by atoms with Gasteiger partial charge in [-0.1, -0.05) is 18.5 Å². The van der Waals surface area contributed by atoms with Crippen molar-refractivity contribution in [1.82, 2.24) is 5.32 Å². The van der Waals surface area contributed by atoms with E-state index in [0.29, 0.717) is 22.0 Å². The number of hydrogen-bond acceptors (Lipinski definition) is 3. The van der Waals surface area contributed by atoms with Gasteiger partial charge in [-0.3, -0.25) is 4.79 Å². The molecule has 18 heavy (non-hydrogen) atoms. The number of nitrogens with one attached hydrogen (secondary N) is 1. The lowest BCUT2D eigenvalue weighted by Gasteiger charge is -2.14. The number of hydrogen-bond donors (Lipinski definition) is 2. The van der Waals surface area contributed by atoms with Gasteiger partial charge in [-0.2, -0.15) is 0 Å². The first-order chi connectivity index (χ1) is 7.99. The molecule has 0 bridgehead atoms. The van der Waals surface area contributed by atoms with E-state index in [4.69, 9.17) is 22.1 Å². The summed E-state index contributed by atoms with van der Waals surface area (Å²) >= 11 is 5.90. The Morgan fingerprint density at radius 3 is 2.67 bits per heavy atom. The van der Waals surface area contributed by atoms with Gasteiger partial charge in [0.1, 0.15) is 5.75 Å². The van der Waals surface area contributed by atoms with Gasteiger partial charge < -0.3 is 15.8 Å². The Balaban J connectivity index is 0.00000289. The Labute approximate surface area is 118 Å². The van der Waals surface area contributed by atoms with Crippen LogP contribution < -0.4 is 15.8 Å². The Bertz CT molecular complexity index is 425. The van der Waals surface area contributed by atoms with E-state index >= 15 is 0 Å². The van der Waals surface area contributed by atoms with Crippen LogP contribution in [0.4, 0.5) is 5.69 Å². The minimum absolute atomic E-state index is 0. The number of nitrogen functional groups attached to an aromatic ring is 1. The van der Waals surface area contributed by atoms with Crippen molar-refractivity contribution in [2.45, 2.75) is 26.3 Å². The van der Waals surface area contributed by atoms with E-state index in [1.165, 1.54) is 13.2 Å². The molecule has 0 heterocycles. The molecule has 102 valence electrons. The van der Waals surface area contributed by atoms with Crippen LogP contribution in [0.3, 0.4) is 0 Å². The lowest BCUT2D eigenvalue weighted by atomic mass is 10.1. The first-order valence-electron chi connectivity index (χ1n) is 5.43. The topological polar surface area (TPSA) is 64.4 Å². The van der Waals surface area contributed by atoms with E-state index in [9.17, 15) is 4.79 Å². The normalized spacial score (nSPS) is 11.3. The molecule has 1 aromatic rings. The van der Waals surface area contributed by atoms with E-state index < -0.39 is 0 Å². The van der Waals surface area contributed by atoms with Gasteiger partial charge in [-0.15, -0.1) is 12.4 Å². The van der Waals surface area contributed by atoms with Crippen LogP contribution >= 0.6 is 24.0 Å². The van der Waals surface area contributed by atoms with E-state index in [2.05, 4.69) is 5.32 Å². The number of halogens is 2. The number of benzene rings is 1. The number of ether oxygens (including phenoxy) is 1. The summed E-state index contributed by atoms with van der Waals surface area (Å²) in [6.07, 6.45) is 0.858. The molecule has 1 unspecified atom stereocenters. The summed E-state index contributed by atoms with van der Waals surface area (Å²) < 4.78 is 5.12. The smallest absolute Gasteiger partial charge is 0.255 e. The van der Waals surface area contributed by atoms with Gasteiger partial charge in [-0.05, 0) is 19.4 Å². The number of methoxy groups -OCH3 is 1. The highest BCUT2D eigenvalue weighted by Gasteiger charge is 2.16. The first kappa shape index (κ1) is 16.9. The van der Waals surface area contributed by atoms with Crippen LogP contribution in [0.15, 0.2) is 12.1 Å². The zero-order valence-corrected chi connectivity index (χ0v) is 12.2. The third-order valence-corrected chi connectivity index (χ3v) is 2.88. The Hall–Kier alpha value is -1.13. The fourth-order valence-electron chi connectivity index (χ4n) is 1.32. The van der Waals surface area contributed by atoms with Crippen molar-refractivity contribution in [2.75, 3.05) is 12.8 Å². The predicted molar refractivity (Wildman–Crippen MR) is 76.9 cm³/mol. The molecule has 1 aromatic carbocycles. The molecule has 1 atom stereocenters. The molecule has 0 aliphatic heterocycles. The largest absolute Gasteiger partial charge is 0.496 e. The van der Waals surface area contributed by atoms with E-state index in [1.54, 1.807) is 6.07 Å². The molecule has 1 amide bonds. The maximum absolute atomic E-state index is 12.0. The average molecular weight is 293 g/mol. The molecule has 0 saturated carbocycles. The number of anilines is 1. The second-order valence-electron chi connectivity index (χ2n) is 3.86. The quantitative estimate of drug-likeness (QED) is 0.839. The van der Waals surface area contributed by atoms with Gasteiger partial charge in [0.25, 0.3) is 5.91 Å². The van der Waals surface area contributed by atoms with Gasteiger partial charge in [0, 0.05) is 12.1 Å². The molecular formula is C12H18Cl2N2O2. The molecule has 4 nitrogen and oxygen atoms in total. The van der Waals surface area contributed by atoms with Gasteiger partial charge in [-0.25, -0.2) is 0 Å². The molecule has 0 aromatic heterocycles. The molecule has 0 aliphatic carbocycles. The molecule has 0 spiro atoms. The van der Waals surface area contributed by atoms with Crippen LogP contribution in [0.5, 0.6) is 5.75 Å². The number of rotatable bonds is 4. The van der Waals surface area contributed by atoms with E-state index in [1.807, 2.05) is 13.8 Å². The summed E-state index contributed by atoms with van der Waals surface area (Å²) in [5.41, 5.74) is 6.44. The SMILES string of the molecule is CCC(C)NC(=O)c1cc(Cl)c(N)cc1OC.Cl. The number of carbonyl (C=O) groups is 1. The standard InChI is InChI=1S/C12H17ClN2O2.ClH/c1-4-7(2)15-12(16)8-5-9(13)10(14)6-11(8)17-3;/h5-7H,4,14H2,1-3H3,(H,15,16);1H. The summed E-state index contributed by atoms with van der Waals surface area (Å²) in [7, 11) is 1.49. The van der Waals surface area contributed by atoms with E-state index in [-0.39, 0.29) is 24.4 Å². The third kappa shape index (κ3) is 3.96. The van der Waals surface area contributed by atoms with Crippen molar-refractivity contribution < 1.29 is 9.53 Å². The minimum atomic E-state index is -0.210. The highest BCUT2D eigenvalue weighted by atomic mass is 35.5. The third-order valence-electron chi connectivity index (χ3n) is 2.55. The summed E-state index contributed by atoms with van der Waals surface area (Å²) in [6.45, 7) is 3.93. The van der Waals surface area contributed by atoms with Crippen molar-refractivity contribution in [1.29, 1.82) is 0 Å². The van der Waals surface area contributed by atoms with Crippen LogP contribution in [0, 0.1) is 0 Å².